The Hall–Kier alpha value is -3.14. The van der Waals surface area contributed by atoms with Gasteiger partial charge in [-0.15, -0.1) is 0 Å². The van der Waals surface area contributed by atoms with Crippen LogP contribution < -0.4 is 9.62 Å². The Morgan fingerprint density at radius 3 is 2.17 bits per heavy atom. The van der Waals surface area contributed by atoms with Crippen LogP contribution in [-0.2, 0) is 26.2 Å². The molecular formula is C30H34Cl2FN3O4S. The number of anilines is 1. The maximum atomic E-state index is 14.1. The van der Waals surface area contributed by atoms with Gasteiger partial charge in [0, 0.05) is 23.1 Å². The molecule has 1 unspecified atom stereocenters. The van der Waals surface area contributed by atoms with Crippen LogP contribution in [0.2, 0.25) is 10.0 Å². The molecule has 2 amide bonds. The van der Waals surface area contributed by atoms with Crippen molar-refractivity contribution in [2.45, 2.75) is 51.6 Å². The molecule has 1 N–H and O–H groups in total. The fraction of sp³-hybridized carbons (Fsp3) is 0.333. The minimum atomic E-state index is -4.30. The molecule has 0 saturated carbocycles. The number of hydrogen-bond donors (Lipinski definition) is 1. The quantitative estimate of drug-likeness (QED) is 0.260. The van der Waals surface area contributed by atoms with E-state index in [1.807, 2.05) is 20.8 Å². The molecule has 0 bridgehead atoms. The van der Waals surface area contributed by atoms with Crippen molar-refractivity contribution in [1.82, 2.24) is 10.2 Å². The van der Waals surface area contributed by atoms with Crippen LogP contribution in [0.5, 0.6) is 0 Å². The van der Waals surface area contributed by atoms with E-state index in [1.54, 1.807) is 49.4 Å². The van der Waals surface area contributed by atoms with Gasteiger partial charge in [-0.2, -0.15) is 0 Å². The third kappa shape index (κ3) is 8.44. The van der Waals surface area contributed by atoms with Gasteiger partial charge >= 0.3 is 0 Å². The maximum absolute atomic E-state index is 14.1. The Kier molecular flexibility index (Phi) is 11.2. The summed E-state index contributed by atoms with van der Waals surface area (Å²) in [5, 5.41) is 3.60. The Morgan fingerprint density at radius 1 is 0.976 bits per heavy atom. The Balaban J connectivity index is 2.06. The van der Waals surface area contributed by atoms with Crippen molar-refractivity contribution >= 4 is 50.7 Å². The zero-order valence-electron chi connectivity index (χ0n) is 23.4. The van der Waals surface area contributed by atoms with Crippen LogP contribution >= 0.6 is 23.2 Å². The first-order valence-electron chi connectivity index (χ1n) is 13.2. The second-order valence-electron chi connectivity index (χ2n) is 10.1. The second-order valence-corrected chi connectivity index (χ2v) is 12.8. The highest BCUT2D eigenvalue weighted by Crippen LogP contribution is 2.27. The SMILES string of the molecule is CCC(C(=O)NCC(C)C)N(Cc1ccc(Cl)cc1Cl)C(=O)CN(c1ccc(C)cc1)S(=O)(=O)c1ccc(F)cc1. The first-order chi connectivity index (χ1) is 19.3. The molecule has 0 saturated heterocycles. The lowest BCUT2D eigenvalue weighted by atomic mass is 10.1. The van der Waals surface area contributed by atoms with E-state index < -0.39 is 34.3 Å². The number of nitrogens with zero attached hydrogens (tertiary/aromatic N) is 2. The summed E-state index contributed by atoms with van der Waals surface area (Å²) in [6.07, 6.45) is 0.274. The summed E-state index contributed by atoms with van der Waals surface area (Å²) >= 11 is 12.5. The van der Waals surface area contributed by atoms with Crippen LogP contribution in [0.25, 0.3) is 0 Å². The third-order valence-electron chi connectivity index (χ3n) is 6.43. The van der Waals surface area contributed by atoms with E-state index in [9.17, 15) is 22.4 Å². The van der Waals surface area contributed by atoms with Crippen molar-refractivity contribution in [3.05, 3.63) is 93.7 Å². The number of aryl methyl sites for hydroxylation is 1. The molecular weight excluding hydrogens is 588 g/mol. The van der Waals surface area contributed by atoms with Crippen LogP contribution in [0, 0.1) is 18.7 Å². The molecule has 11 heteroatoms. The van der Waals surface area contributed by atoms with E-state index in [0.717, 1.165) is 34.1 Å². The smallest absolute Gasteiger partial charge is 0.264 e. The topological polar surface area (TPSA) is 86.8 Å². The van der Waals surface area contributed by atoms with Gasteiger partial charge in [0.05, 0.1) is 10.6 Å². The average Bonchev–Trinajstić information content (AvgIpc) is 2.92. The maximum Gasteiger partial charge on any atom is 0.264 e. The van der Waals surface area contributed by atoms with Gasteiger partial charge in [-0.25, -0.2) is 12.8 Å². The Labute approximate surface area is 251 Å². The van der Waals surface area contributed by atoms with E-state index in [-0.39, 0.29) is 35.4 Å². The minimum absolute atomic E-state index is 0.0548. The number of amides is 2. The molecule has 7 nitrogen and oxygen atoms in total. The standard InChI is InChI=1S/C30H34Cl2FN3O4S/c1-5-28(30(38)34-17-20(2)3)35(18-22-8-9-23(31)16-27(22)32)29(37)19-36(25-12-6-21(4)7-13-25)41(39,40)26-14-10-24(33)11-15-26/h6-16,20,28H,5,17-19H2,1-4H3,(H,34,38). The van der Waals surface area contributed by atoms with Crippen molar-refractivity contribution in [1.29, 1.82) is 0 Å². The first kappa shape index (κ1) is 32.4. The fourth-order valence-electron chi connectivity index (χ4n) is 4.15. The van der Waals surface area contributed by atoms with Crippen molar-refractivity contribution < 1.29 is 22.4 Å². The van der Waals surface area contributed by atoms with Gasteiger partial charge in [0.1, 0.15) is 18.4 Å². The monoisotopic (exact) mass is 621 g/mol. The molecule has 0 spiro atoms. The lowest BCUT2D eigenvalue weighted by Gasteiger charge is -2.33. The van der Waals surface area contributed by atoms with Gasteiger partial charge in [0.2, 0.25) is 11.8 Å². The number of hydrogen-bond acceptors (Lipinski definition) is 4. The van der Waals surface area contributed by atoms with Crippen molar-refractivity contribution in [3.8, 4) is 0 Å². The summed E-state index contributed by atoms with van der Waals surface area (Å²) < 4.78 is 42.2. The van der Waals surface area contributed by atoms with Gasteiger partial charge < -0.3 is 10.2 Å². The Morgan fingerprint density at radius 2 is 1.61 bits per heavy atom. The summed E-state index contributed by atoms with van der Waals surface area (Å²) in [4.78, 5) is 28.5. The van der Waals surface area contributed by atoms with Crippen molar-refractivity contribution in [2.24, 2.45) is 5.92 Å². The lowest BCUT2D eigenvalue weighted by Crippen LogP contribution is -2.52. The van der Waals surface area contributed by atoms with E-state index in [2.05, 4.69) is 5.32 Å². The summed E-state index contributed by atoms with van der Waals surface area (Å²) in [5.41, 5.74) is 1.68. The molecule has 0 aliphatic rings. The molecule has 3 aromatic carbocycles. The molecule has 3 rings (SSSR count). The zero-order valence-corrected chi connectivity index (χ0v) is 25.7. The number of benzene rings is 3. The van der Waals surface area contributed by atoms with Gasteiger partial charge in [-0.3, -0.25) is 13.9 Å². The molecule has 0 radical (unpaired) electrons. The molecule has 3 aromatic rings. The lowest BCUT2D eigenvalue weighted by molar-refractivity contribution is -0.140. The molecule has 220 valence electrons. The molecule has 1 atom stereocenters. The van der Waals surface area contributed by atoms with Gasteiger partial charge in [0.15, 0.2) is 0 Å². The average molecular weight is 623 g/mol. The molecule has 41 heavy (non-hydrogen) atoms. The molecule has 0 aliphatic carbocycles. The number of halogens is 3. The number of carbonyl (C=O) groups excluding carboxylic acids is 2. The van der Waals surface area contributed by atoms with Gasteiger partial charge in [-0.05, 0) is 73.4 Å². The Bertz CT molecular complexity index is 1470. The first-order valence-corrected chi connectivity index (χ1v) is 15.4. The minimum Gasteiger partial charge on any atom is -0.354 e. The van der Waals surface area contributed by atoms with Crippen LogP contribution in [0.1, 0.15) is 38.3 Å². The molecule has 0 aromatic heterocycles. The second kappa shape index (κ2) is 14.2. The normalized spacial score (nSPS) is 12.2. The van der Waals surface area contributed by atoms with E-state index in [1.165, 1.54) is 4.90 Å². The largest absolute Gasteiger partial charge is 0.354 e. The highest BCUT2D eigenvalue weighted by Gasteiger charge is 2.34. The third-order valence-corrected chi connectivity index (χ3v) is 8.80. The predicted molar refractivity (Wildman–Crippen MR) is 161 cm³/mol. The summed E-state index contributed by atoms with van der Waals surface area (Å²) in [7, 11) is -4.30. The van der Waals surface area contributed by atoms with Crippen LogP contribution in [0.15, 0.2) is 71.6 Å². The van der Waals surface area contributed by atoms with Crippen LogP contribution in [0.4, 0.5) is 10.1 Å². The highest BCUT2D eigenvalue weighted by atomic mass is 35.5. The summed E-state index contributed by atoms with van der Waals surface area (Å²) in [6.45, 7) is 7.29. The van der Waals surface area contributed by atoms with Gasteiger partial charge in [-0.1, -0.05) is 67.7 Å². The molecule has 0 heterocycles. The predicted octanol–water partition coefficient (Wildman–Crippen LogP) is 6.22. The number of nitrogens with one attached hydrogen (secondary N) is 1. The van der Waals surface area contributed by atoms with E-state index in [4.69, 9.17) is 23.2 Å². The van der Waals surface area contributed by atoms with E-state index in [0.29, 0.717) is 22.2 Å². The zero-order chi connectivity index (χ0) is 30.3. The van der Waals surface area contributed by atoms with Crippen molar-refractivity contribution in [2.75, 3.05) is 17.4 Å². The molecule has 0 fully saturated rings. The number of carbonyl (C=O) groups is 2. The number of rotatable bonds is 12. The highest BCUT2D eigenvalue weighted by molar-refractivity contribution is 7.92. The fourth-order valence-corrected chi connectivity index (χ4v) is 6.03. The summed E-state index contributed by atoms with van der Waals surface area (Å²) in [6, 6.07) is 15.0. The van der Waals surface area contributed by atoms with Crippen LogP contribution in [0.3, 0.4) is 0 Å². The van der Waals surface area contributed by atoms with E-state index >= 15 is 0 Å². The number of sulfonamides is 1. The van der Waals surface area contributed by atoms with Crippen molar-refractivity contribution in [3.63, 3.8) is 0 Å². The van der Waals surface area contributed by atoms with Gasteiger partial charge in [0.25, 0.3) is 10.0 Å². The molecule has 0 aliphatic heterocycles. The summed E-state index contributed by atoms with van der Waals surface area (Å²) in [5.74, 6) is -1.38. The van der Waals surface area contributed by atoms with Crippen LogP contribution in [-0.4, -0.2) is 44.3 Å².